The Bertz CT molecular complexity index is 1310. The highest BCUT2D eigenvalue weighted by Gasteiger charge is 2.21. The number of nitrogens with one attached hydrogen (secondary N) is 1. The molecule has 1 N–H and O–H groups in total. The first-order valence-corrected chi connectivity index (χ1v) is 13.1. The van der Waals surface area contributed by atoms with Crippen molar-refractivity contribution in [2.45, 2.75) is 18.7 Å². The second kappa shape index (κ2) is 8.73. The quantitative estimate of drug-likeness (QED) is 0.479. The molecular formula is C23H25N5O2S2. The number of pyridine rings is 1. The Balaban J connectivity index is 1.66. The summed E-state index contributed by atoms with van der Waals surface area (Å²) in [6.07, 6.45) is 1.69. The highest BCUT2D eigenvalue weighted by atomic mass is 32.2. The van der Waals surface area contributed by atoms with Gasteiger partial charge < -0.3 is 15.0 Å². The van der Waals surface area contributed by atoms with Gasteiger partial charge in [0.25, 0.3) is 0 Å². The molecule has 5 rings (SSSR count). The average molecular weight is 468 g/mol. The Morgan fingerprint density at radius 1 is 1.16 bits per heavy atom. The van der Waals surface area contributed by atoms with Gasteiger partial charge in [0.2, 0.25) is 11.8 Å². The van der Waals surface area contributed by atoms with Crippen molar-refractivity contribution in [3.8, 4) is 17.1 Å². The van der Waals surface area contributed by atoms with E-state index in [9.17, 15) is 4.21 Å². The molecule has 1 unspecified atom stereocenters. The van der Waals surface area contributed by atoms with Gasteiger partial charge in [-0.25, -0.2) is 9.97 Å². The van der Waals surface area contributed by atoms with Crippen molar-refractivity contribution in [1.29, 1.82) is 0 Å². The van der Waals surface area contributed by atoms with Gasteiger partial charge in [-0.1, -0.05) is 12.1 Å². The predicted octanol–water partition coefficient (Wildman–Crippen LogP) is 3.76. The van der Waals surface area contributed by atoms with Crippen LogP contribution in [0.15, 0.2) is 35.2 Å². The fourth-order valence-electron chi connectivity index (χ4n) is 3.99. The van der Waals surface area contributed by atoms with Gasteiger partial charge in [0.15, 0.2) is 0 Å². The van der Waals surface area contributed by atoms with E-state index >= 15 is 0 Å². The third-order valence-corrected chi connectivity index (χ3v) is 7.60. The van der Waals surface area contributed by atoms with Gasteiger partial charge in [0.1, 0.15) is 15.0 Å². The molecular weight excluding hydrogens is 442 g/mol. The maximum absolute atomic E-state index is 11.7. The number of aryl methyl sites for hydroxylation is 1. The van der Waals surface area contributed by atoms with E-state index in [1.165, 1.54) is 0 Å². The summed E-state index contributed by atoms with van der Waals surface area (Å²) in [4.78, 5) is 18.6. The number of aromatic nitrogens is 3. The van der Waals surface area contributed by atoms with Crippen LogP contribution >= 0.6 is 11.3 Å². The molecule has 0 bridgehead atoms. The molecule has 1 atom stereocenters. The average Bonchev–Trinajstić information content (AvgIpc) is 3.19. The van der Waals surface area contributed by atoms with Crippen LogP contribution in [0.4, 0.5) is 5.95 Å². The molecule has 166 valence electrons. The van der Waals surface area contributed by atoms with Crippen LogP contribution < -0.4 is 15.0 Å². The number of anilines is 1. The highest BCUT2D eigenvalue weighted by molar-refractivity contribution is 7.84. The van der Waals surface area contributed by atoms with E-state index in [0.29, 0.717) is 18.4 Å². The summed E-state index contributed by atoms with van der Waals surface area (Å²) in [5.74, 6) is 1.35. The van der Waals surface area contributed by atoms with Gasteiger partial charge in [0, 0.05) is 59.1 Å². The van der Waals surface area contributed by atoms with Gasteiger partial charge >= 0.3 is 0 Å². The molecule has 0 aliphatic carbocycles. The number of benzene rings is 1. The maximum Gasteiger partial charge on any atom is 0.236 e. The smallest absolute Gasteiger partial charge is 0.236 e. The van der Waals surface area contributed by atoms with Crippen molar-refractivity contribution >= 4 is 48.5 Å². The third-order valence-electron chi connectivity index (χ3n) is 5.60. The predicted molar refractivity (Wildman–Crippen MR) is 131 cm³/mol. The summed E-state index contributed by atoms with van der Waals surface area (Å²) in [5, 5.41) is 4.43. The number of hydrogen-bond donors (Lipinski definition) is 1. The van der Waals surface area contributed by atoms with Crippen LogP contribution in [-0.4, -0.2) is 58.2 Å². The molecule has 1 aliphatic rings. The van der Waals surface area contributed by atoms with Gasteiger partial charge in [-0.05, 0) is 37.6 Å². The number of fused-ring (bicyclic) bond motifs is 3. The van der Waals surface area contributed by atoms with Crippen molar-refractivity contribution in [3.63, 3.8) is 0 Å². The van der Waals surface area contributed by atoms with Crippen molar-refractivity contribution in [2.24, 2.45) is 0 Å². The van der Waals surface area contributed by atoms with Crippen LogP contribution in [0, 0.1) is 6.92 Å². The molecule has 1 aliphatic heterocycles. The zero-order valence-corrected chi connectivity index (χ0v) is 20.0. The van der Waals surface area contributed by atoms with Crippen LogP contribution in [0.25, 0.3) is 31.7 Å². The van der Waals surface area contributed by atoms with E-state index in [2.05, 4.69) is 23.2 Å². The molecule has 1 aromatic carbocycles. The second-order valence-corrected chi connectivity index (χ2v) is 10.1. The normalized spacial score (nSPS) is 15.4. The van der Waals surface area contributed by atoms with E-state index in [1.807, 2.05) is 31.2 Å². The van der Waals surface area contributed by atoms with E-state index in [0.717, 1.165) is 68.3 Å². The summed E-state index contributed by atoms with van der Waals surface area (Å²) in [7, 11) is -0.996. The molecule has 1 saturated heterocycles. The first-order chi connectivity index (χ1) is 15.5. The fraction of sp³-hybridized carbons (Fsp3) is 0.348. The van der Waals surface area contributed by atoms with Crippen LogP contribution in [0.1, 0.15) is 12.5 Å². The van der Waals surface area contributed by atoms with Gasteiger partial charge in [-0.15, -0.1) is 11.3 Å². The lowest BCUT2D eigenvalue weighted by molar-refractivity contribution is 0.331. The molecule has 7 nitrogen and oxygen atoms in total. The Morgan fingerprint density at radius 2 is 1.91 bits per heavy atom. The monoisotopic (exact) mass is 467 g/mol. The number of piperazine rings is 1. The number of hydrogen-bond acceptors (Lipinski definition) is 8. The lowest BCUT2D eigenvalue weighted by Gasteiger charge is -2.27. The largest absolute Gasteiger partial charge is 0.477 e. The number of ether oxygens (including phenoxy) is 1. The molecule has 9 heteroatoms. The summed E-state index contributed by atoms with van der Waals surface area (Å²) in [6.45, 7) is 8.21. The maximum atomic E-state index is 11.7. The number of rotatable bonds is 5. The molecule has 0 amide bonds. The summed E-state index contributed by atoms with van der Waals surface area (Å²) in [5.41, 5.74) is 3.92. The highest BCUT2D eigenvalue weighted by Crippen LogP contribution is 2.40. The molecule has 3 aromatic heterocycles. The van der Waals surface area contributed by atoms with E-state index in [-0.39, 0.29) is 0 Å². The van der Waals surface area contributed by atoms with Crippen molar-refractivity contribution < 1.29 is 8.95 Å². The molecule has 32 heavy (non-hydrogen) atoms. The van der Waals surface area contributed by atoms with Gasteiger partial charge in [-0.2, -0.15) is 4.98 Å². The minimum absolute atomic E-state index is 0.546. The third kappa shape index (κ3) is 3.85. The molecule has 4 heterocycles. The Labute approximate surface area is 193 Å². The standard InChI is InChI=1S/C23H25N5O2S2/c1-4-30-21-20-19(26-23(27-21)28-11-9-24-10-12-28)18-14(2)13-17(25-22(18)31-20)15-5-7-16(8-6-15)32(3)29/h5-8,13,24H,4,9-12H2,1-3H3. The van der Waals surface area contributed by atoms with Crippen LogP contribution in [0.2, 0.25) is 0 Å². The second-order valence-electron chi connectivity index (χ2n) is 7.76. The van der Waals surface area contributed by atoms with Crippen LogP contribution in [0.5, 0.6) is 5.88 Å². The first kappa shape index (κ1) is 21.2. The Hall–Kier alpha value is -2.62. The molecule has 0 spiro atoms. The fourth-order valence-corrected chi connectivity index (χ4v) is 5.64. The van der Waals surface area contributed by atoms with Crippen molar-refractivity contribution in [1.82, 2.24) is 20.3 Å². The van der Waals surface area contributed by atoms with E-state index in [4.69, 9.17) is 19.7 Å². The molecule has 4 aromatic rings. The first-order valence-electron chi connectivity index (χ1n) is 10.7. The Morgan fingerprint density at radius 3 is 2.59 bits per heavy atom. The zero-order chi connectivity index (χ0) is 22.2. The molecule has 0 radical (unpaired) electrons. The van der Waals surface area contributed by atoms with E-state index < -0.39 is 10.8 Å². The van der Waals surface area contributed by atoms with Crippen molar-refractivity contribution in [3.05, 3.63) is 35.9 Å². The van der Waals surface area contributed by atoms with E-state index in [1.54, 1.807) is 17.6 Å². The molecule has 1 fully saturated rings. The lowest BCUT2D eigenvalue weighted by Crippen LogP contribution is -2.44. The topological polar surface area (TPSA) is 80.2 Å². The van der Waals surface area contributed by atoms with Crippen molar-refractivity contribution in [2.75, 3.05) is 43.9 Å². The summed E-state index contributed by atoms with van der Waals surface area (Å²) < 4.78 is 18.6. The van der Waals surface area contributed by atoms with Crippen LogP contribution in [-0.2, 0) is 10.8 Å². The number of nitrogens with zero attached hydrogens (tertiary/aromatic N) is 4. The minimum Gasteiger partial charge on any atom is -0.477 e. The van der Waals surface area contributed by atoms with Gasteiger partial charge in [0.05, 0.1) is 12.3 Å². The summed E-state index contributed by atoms with van der Waals surface area (Å²) in [6, 6.07) is 9.85. The Kier molecular flexibility index (Phi) is 5.79. The lowest BCUT2D eigenvalue weighted by atomic mass is 10.1. The zero-order valence-electron chi connectivity index (χ0n) is 18.3. The van der Waals surface area contributed by atoms with Crippen LogP contribution in [0.3, 0.4) is 0 Å². The SMILES string of the molecule is CCOc1nc(N2CCNCC2)nc2c1sc1nc(-c3ccc(S(C)=O)cc3)cc(C)c12. The van der Waals surface area contributed by atoms with Gasteiger partial charge in [-0.3, -0.25) is 4.21 Å². The molecule has 0 saturated carbocycles. The summed E-state index contributed by atoms with van der Waals surface area (Å²) >= 11 is 1.57. The number of thiophene rings is 1. The minimum atomic E-state index is -0.996.